The van der Waals surface area contributed by atoms with Gasteiger partial charge in [-0.05, 0) is 31.5 Å². The summed E-state index contributed by atoms with van der Waals surface area (Å²) in [5.74, 6) is -1.18. The summed E-state index contributed by atoms with van der Waals surface area (Å²) in [4.78, 5) is 24.5. The lowest BCUT2D eigenvalue weighted by atomic mass is 10.1. The second-order valence-electron chi connectivity index (χ2n) is 4.33. The predicted molar refractivity (Wildman–Crippen MR) is 67.6 cm³/mol. The third kappa shape index (κ3) is 2.36. The highest BCUT2D eigenvalue weighted by molar-refractivity contribution is 6.01. The average molecular weight is 248 g/mol. The summed E-state index contributed by atoms with van der Waals surface area (Å²) in [7, 11) is 1.72. The largest absolute Gasteiger partial charge is 0.480 e. The van der Waals surface area contributed by atoms with Crippen LogP contribution in [-0.2, 0) is 16.0 Å². The van der Waals surface area contributed by atoms with E-state index in [1.807, 2.05) is 18.2 Å². The number of nitrogens with one attached hydrogen (secondary N) is 1. The number of hydrogen-bond acceptors (Lipinski definition) is 3. The third-order valence-electron chi connectivity index (χ3n) is 3.19. The Kier molecular flexibility index (Phi) is 3.62. The highest BCUT2D eigenvalue weighted by atomic mass is 16.4. The number of aliphatic carboxylic acids is 1. The van der Waals surface area contributed by atoms with Crippen LogP contribution in [0.3, 0.4) is 0 Å². The lowest BCUT2D eigenvalue weighted by Gasteiger charge is -2.23. The standard InChI is InChI=1S/C13H16N2O3/c1-14-10-7-6-9-4-2-3-5-11(9)15(13(10)18)8-12(16)17/h2-5,10,14H,6-8H2,1H3,(H,16,17)/t10-/m0/s1. The number of carboxylic acid groups (broad SMARTS) is 1. The minimum Gasteiger partial charge on any atom is -0.480 e. The molecule has 2 N–H and O–H groups in total. The maximum absolute atomic E-state index is 12.3. The van der Waals surface area contributed by atoms with E-state index in [-0.39, 0.29) is 18.5 Å². The average Bonchev–Trinajstić information content (AvgIpc) is 2.48. The van der Waals surface area contributed by atoms with Gasteiger partial charge < -0.3 is 10.4 Å². The van der Waals surface area contributed by atoms with Crippen LogP contribution in [0, 0.1) is 0 Å². The van der Waals surface area contributed by atoms with Gasteiger partial charge in [-0.2, -0.15) is 0 Å². The number of aryl methyl sites for hydroxylation is 1. The molecule has 0 spiro atoms. The van der Waals surface area contributed by atoms with Gasteiger partial charge in [0.05, 0.1) is 6.04 Å². The van der Waals surface area contributed by atoms with Crippen LogP contribution in [0.15, 0.2) is 24.3 Å². The van der Waals surface area contributed by atoms with E-state index in [4.69, 9.17) is 5.11 Å². The summed E-state index contributed by atoms with van der Waals surface area (Å²) in [6, 6.07) is 7.14. The van der Waals surface area contributed by atoms with Crippen LogP contribution in [-0.4, -0.2) is 36.6 Å². The Hall–Kier alpha value is -1.88. The maximum atomic E-state index is 12.3. The number of likely N-dealkylation sites (N-methyl/N-ethyl adjacent to an activating group) is 1. The van der Waals surface area contributed by atoms with Crippen LogP contribution in [0.4, 0.5) is 5.69 Å². The first-order chi connectivity index (χ1) is 8.63. The number of carboxylic acids is 1. The van der Waals surface area contributed by atoms with Gasteiger partial charge in [-0.3, -0.25) is 14.5 Å². The molecule has 1 atom stereocenters. The van der Waals surface area contributed by atoms with Gasteiger partial charge in [-0.25, -0.2) is 0 Å². The summed E-state index contributed by atoms with van der Waals surface area (Å²) in [6.07, 6.45) is 1.45. The highest BCUT2D eigenvalue weighted by Gasteiger charge is 2.30. The van der Waals surface area contributed by atoms with E-state index in [2.05, 4.69) is 5.32 Å². The fourth-order valence-electron chi connectivity index (χ4n) is 2.28. The van der Waals surface area contributed by atoms with Crippen molar-refractivity contribution in [3.05, 3.63) is 29.8 Å². The second kappa shape index (κ2) is 5.18. The molecule has 1 aliphatic heterocycles. The van der Waals surface area contributed by atoms with Crippen LogP contribution >= 0.6 is 0 Å². The quantitative estimate of drug-likeness (QED) is 0.823. The predicted octanol–water partition coefficient (Wildman–Crippen LogP) is 0.638. The molecular formula is C13H16N2O3. The van der Waals surface area contributed by atoms with E-state index in [0.29, 0.717) is 12.1 Å². The molecule has 0 radical (unpaired) electrons. The van der Waals surface area contributed by atoms with Crippen molar-refractivity contribution in [2.75, 3.05) is 18.5 Å². The molecule has 0 unspecified atom stereocenters. The number of para-hydroxylation sites is 1. The summed E-state index contributed by atoms with van der Waals surface area (Å²) in [5.41, 5.74) is 1.73. The number of rotatable bonds is 3. The monoisotopic (exact) mass is 248 g/mol. The Morgan fingerprint density at radius 3 is 2.89 bits per heavy atom. The number of anilines is 1. The van der Waals surface area contributed by atoms with Crippen molar-refractivity contribution in [1.82, 2.24) is 5.32 Å². The summed E-state index contributed by atoms with van der Waals surface area (Å²) < 4.78 is 0. The lowest BCUT2D eigenvalue weighted by molar-refractivity contribution is -0.136. The summed E-state index contributed by atoms with van der Waals surface area (Å²) >= 11 is 0. The van der Waals surface area contributed by atoms with Gasteiger partial charge >= 0.3 is 5.97 Å². The van der Waals surface area contributed by atoms with Crippen molar-refractivity contribution in [3.63, 3.8) is 0 Å². The lowest BCUT2D eigenvalue weighted by Crippen LogP contribution is -2.46. The van der Waals surface area contributed by atoms with Gasteiger partial charge in [0, 0.05) is 5.69 Å². The summed E-state index contributed by atoms with van der Waals surface area (Å²) in [5, 5.41) is 11.9. The van der Waals surface area contributed by atoms with Crippen LogP contribution in [0.2, 0.25) is 0 Å². The number of fused-ring (bicyclic) bond motifs is 1. The normalized spacial score (nSPS) is 19.3. The molecule has 0 aromatic heterocycles. The number of carbonyl (C=O) groups excluding carboxylic acids is 1. The molecule has 5 nitrogen and oxygen atoms in total. The first-order valence-electron chi connectivity index (χ1n) is 5.92. The van der Waals surface area contributed by atoms with Gasteiger partial charge in [0.1, 0.15) is 6.54 Å². The molecule has 1 amide bonds. The second-order valence-corrected chi connectivity index (χ2v) is 4.33. The molecule has 1 heterocycles. The molecule has 96 valence electrons. The fraction of sp³-hybridized carbons (Fsp3) is 0.385. The Morgan fingerprint density at radius 1 is 1.50 bits per heavy atom. The molecule has 0 bridgehead atoms. The van der Waals surface area contributed by atoms with Gasteiger partial charge in [-0.15, -0.1) is 0 Å². The third-order valence-corrected chi connectivity index (χ3v) is 3.19. The van der Waals surface area contributed by atoms with Crippen molar-refractivity contribution in [3.8, 4) is 0 Å². The Labute approximate surface area is 105 Å². The van der Waals surface area contributed by atoms with Crippen LogP contribution in [0.5, 0.6) is 0 Å². The van der Waals surface area contributed by atoms with Crippen molar-refractivity contribution in [2.24, 2.45) is 0 Å². The molecule has 1 aromatic carbocycles. The van der Waals surface area contributed by atoms with E-state index in [9.17, 15) is 9.59 Å². The topological polar surface area (TPSA) is 69.6 Å². The molecule has 0 saturated heterocycles. The molecule has 0 fully saturated rings. The molecule has 5 heteroatoms. The number of amides is 1. The molecule has 1 aliphatic rings. The minimum absolute atomic E-state index is 0.176. The number of benzene rings is 1. The Bertz CT molecular complexity index is 473. The molecule has 1 aromatic rings. The van der Waals surface area contributed by atoms with Crippen LogP contribution < -0.4 is 10.2 Å². The highest BCUT2D eigenvalue weighted by Crippen LogP contribution is 2.26. The van der Waals surface area contributed by atoms with Crippen molar-refractivity contribution in [1.29, 1.82) is 0 Å². The smallest absolute Gasteiger partial charge is 0.323 e. The van der Waals surface area contributed by atoms with Gasteiger partial charge in [0.2, 0.25) is 5.91 Å². The molecular weight excluding hydrogens is 232 g/mol. The minimum atomic E-state index is -1.00. The zero-order valence-corrected chi connectivity index (χ0v) is 10.2. The van der Waals surface area contributed by atoms with Crippen molar-refractivity contribution in [2.45, 2.75) is 18.9 Å². The molecule has 0 saturated carbocycles. The zero-order chi connectivity index (χ0) is 13.1. The van der Waals surface area contributed by atoms with Crippen molar-refractivity contribution >= 4 is 17.6 Å². The first-order valence-corrected chi connectivity index (χ1v) is 5.92. The zero-order valence-electron chi connectivity index (χ0n) is 10.2. The number of carbonyl (C=O) groups is 2. The van der Waals surface area contributed by atoms with E-state index < -0.39 is 5.97 Å². The molecule has 2 rings (SSSR count). The van der Waals surface area contributed by atoms with Crippen LogP contribution in [0.25, 0.3) is 0 Å². The summed E-state index contributed by atoms with van der Waals surface area (Å²) in [6.45, 7) is -0.298. The first kappa shape index (κ1) is 12.6. The van der Waals surface area contributed by atoms with E-state index in [1.165, 1.54) is 4.90 Å². The Balaban J connectivity index is 2.41. The molecule has 0 aliphatic carbocycles. The molecule has 18 heavy (non-hydrogen) atoms. The Morgan fingerprint density at radius 2 is 2.22 bits per heavy atom. The maximum Gasteiger partial charge on any atom is 0.323 e. The van der Waals surface area contributed by atoms with Crippen molar-refractivity contribution < 1.29 is 14.7 Å². The van der Waals surface area contributed by atoms with E-state index in [0.717, 1.165) is 12.0 Å². The SMILES string of the molecule is CN[C@H]1CCc2ccccc2N(CC(=O)O)C1=O. The number of hydrogen-bond donors (Lipinski definition) is 2. The van der Waals surface area contributed by atoms with E-state index in [1.54, 1.807) is 13.1 Å². The van der Waals surface area contributed by atoms with Gasteiger partial charge in [-0.1, -0.05) is 18.2 Å². The number of nitrogens with zero attached hydrogens (tertiary/aromatic N) is 1. The van der Waals surface area contributed by atoms with E-state index >= 15 is 0 Å². The van der Waals surface area contributed by atoms with Crippen LogP contribution in [0.1, 0.15) is 12.0 Å². The fourth-order valence-corrected chi connectivity index (χ4v) is 2.28. The van der Waals surface area contributed by atoms with Gasteiger partial charge in [0.15, 0.2) is 0 Å². The van der Waals surface area contributed by atoms with Gasteiger partial charge in [0.25, 0.3) is 0 Å².